The van der Waals surface area contributed by atoms with Crippen LogP contribution in [0.1, 0.15) is 22.3 Å². The molecule has 0 fully saturated rings. The van der Waals surface area contributed by atoms with Crippen molar-refractivity contribution in [2.45, 2.75) is 6.04 Å². The molecule has 0 bridgehead atoms. The van der Waals surface area contributed by atoms with E-state index in [0.717, 1.165) is 0 Å². The highest BCUT2D eigenvalue weighted by molar-refractivity contribution is 6.31. The number of rotatable bonds is 6. The third kappa shape index (κ3) is 3.65. The summed E-state index contributed by atoms with van der Waals surface area (Å²) in [5.74, 6) is -1.25. The number of amides is 1. The molecule has 4 heterocycles. The number of aliphatic hydroxyl groups is 1. The molecule has 10 nitrogen and oxygen atoms in total. The first-order valence-electron chi connectivity index (χ1n) is 11.4. The number of aromatic nitrogens is 3. The molecule has 1 aliphatic rings. The minimum absolute atomic E-state index is 0.0570. The minimum atomic E-state index is -1.09. The number of H-pyrrole nitrogens is 1. The molecule has 6 rings (SSSR count). The highest BCUT2D eigenvalue weighted by atomic mass is 35.5. The van der Waals surface area contributed by atoms with Crippen molar-refractivity contribution in [3.63, 3.8) is 0 Å². The quantitative estimate of drug-likeness (QED) is 0.288. The number of nitrogens with one attached hydrogen (secondary N) is 1. The number of pyridine rings is 1. The molecule has 38 heavy (non-hydrogen) atoms. The van der Waals surface area contributed by atoms with Gasteiger partial charge in [0, 0.05) is 28.7 Å². The van der Waals surface area contributed by atoms with Crippen LogP contribution in [0.3, 0.4) is 0 Å². The number of carbonyl (C=O) groups excluding carboxylic acids is 2. The molecule has 1 atom stereocenters. The van der Waals surface area contributed by atoms with E-state index >= 15 is 0 Å². The number of ketones is 1. The summed E-state index contributed by atoms with van der Waals surface area (Å²) in [6.45, 7) is 0. The third-order valence-electron chi connectivity index (χ3n) is 6.33. The summed E-state index contributed by atoms with van der Waals surface area (Å²) in [5, 5.41) is 12.1. The number of hydrogen-bond acceptors (Lipinski definition) is 8. The average Bonchev–Trinajstić information content (AvgIpc) is 3.61. The van der Waals surface area contributed by atoms with Gasteiger partial charge < -0.3 is 24.0 Å². The van der Waals surface area contributed by atoms with Gasteiger partial charge in [-0.3, -0.25) is 19.5 Å². The van der Waals surface area contributed by atoms with E-state index in [0.29, 0.717) is 44.2 Å². The smallest absolute Gasteiger partial charge is 0.296 e. The van der Waals surface area contributed by atoms with Gasteiger partial charge in [-0.05, 0) is 36.4 Å². The molecule has 0 saturated carbocycles. The molecule has 2 aromatic carbocycles. The van der Waals surface area contributed by atoms with E-state index in [1.165, 1.54) is 31.4 Å². The summed E-state index contributed by atoms with van der Waals surface area (Å²) in [6, 6.07) is 13.8. The lowest BCUT2D eigenvalue weighted by atomic mass is 9.98. The highest BCUT2D eigenvalue weighted by Crippen LogP contribution is 2.42. The number of ether oxygens (including phenoxy) is 2. The summed E-state index contributed by atoms with van der Waals surface area (Å²) in [5.41, 5.74) is 1.64. The fourth-order valence-corrected chi connectivity index (χ4v) is 4.75. The number of furan rings is 1. The Labute approximate surface area is 220 Å². The summed E-state index contributed by atoms with van der Waals surface area (Å²) in [4.78, 5) is 40.4. The van der Waals surface area contributed by atoms with Gasteiger partial charge >= 0.3 is 0 Å². The van der Waals surface area contributed by atoms with E-state index in [1.54, 1.807) is 48.5 Å². The van der Waals surface area contributed by atoms with Crippen LogP contribution in [-0.4, -0.2) is 46.0 Å². The van der Waals surface area contributed by atoms with Crippen LogP contribution in [0, 0.1) is 0 Å². The topological polar surface area (TPSA) is 131 Å². The molecule has 11 heteroatoms. The van der Waals surface area contributed by atoms with E-state index in [2.05, 4.69) is 15.0 Å². The molecule has 5 aromatic rings. The first kappa shape index (κ1) is 23.6. The minimum Gasteiger partial charge on any atom is -0.503 e. The van der Waals surface area contributed by atoms with Crippen molar-refractivity contribution in [3.8, 4) is 11.5 Å². The number of methoxy groups -OCH3 is 2. The number of fused-ring (bicyclic) bond motifs is 2. The standard InChI is InChI=1S/C27H19ClN4O6/c1-36-19-11-16-17(12-20(19)37-2)31-27(30-16)32-23(15-5-3-4-8-29-15)22(25(34)26(32)35)24(33)21-10-13-9-14(28)6-7-18(13)38-21/h3-12,23,34H,1-2H3,(H,30,31). The molecule has 1 unspecified atom stereocenters. The van der Waals surface area contributed by atoms with Gasteiger partial charge in [0.25, 0.3) is 5.91 Å². The van der Waals surface area contributed by atoms with Crippen LogP contribution in [0.5, 0.6) is 11.5 Å². The van der Waals surface area contributed by atoms with Gasteiger partial charge in [-0.2, -0.15) is 0 Å². The Balaban J connectivity index is 1.49. The first-order valence-corrected chi connectivity index (χ1v) is 11.8. The summed E-state index contributed by atoms with van der Waals surface area (Å²) >= 11 is 6.08. The number of Topliss-reactive ketones (excluding diaryl/α,β-unsaturated/α-hetero) is 1. The Morgan fingerprint density at radius 2 is 1.89 bits per heavy atom. The molecule has 0 radical (unpaired) electrons. The number of carbonyl (C=O) groups is 2. The van der Waals surface area contributed by atoms with Crippen molar-refractivity contribution in [1.29, 1.82) is 0 Å². The number of nitrogens with zero attached hydrogens (tertiary/aromatic N) is 3. The number of anilines is 1. The summed E-state index contributed by atoms with van der Waals surface area (Å²) in [7, 11) is 3.01. The van der Waals surface area contributed by atoms with Crippen LogP contribution in [0.4, 0.5) is 5.95 Å². The van der Waals surface area contributed by atoms with Gasteiger partial charge in [0.05, 0.1) is 36.5 Å². The molecule has 0 spiro atoms. The van der Waals surface area contributed by atoms with Gasteiger partial charge in [0.15, 0.2) is 23.0 Å². The molecule has 3 aromatic heterocycles. The van der Waals surface area contributed by atoms with E-state index in [9.17, 15) is 14.7 Å². The van der Waals surface area contributed by atoms with Crippen LogP contribution < -0.4 is 14.4 Å². The van der Waals surface area contributed by atoms with Crippen molar-refractivity contribution in [2.24, 2.45) is 0 Å². The zero-order chi connectivity index (χ0) is 26.6. The zero-order valence-electron chi connectivity index (χ0n) is 20.1. The number of benzene rings is 2. The van der Waals surface area contributed by atoms with Gasteiger partial charge in [-0.25, -0.2) is 4.98 Å². The van der Waals surface area contributed by atoms with Crippen LogP contribution in [0.2, 0.25) is 5.02 Å². The molecule has 0 saturated heterocycles. The number of aromatic amines is 1. The van der Waals surface area contributed by atoms with Gasteiger partial charge in [0.1, 0.15) is 11.6 Å². The zero-order valence-corrected chi connectivity index (χ0v) is 20.8. The third-order valence-corrected chi connectivity index (χ3v) is 6.56. The van der Waals surface area contributed by atoms with Crippen molar-refractivity contribution >= 4 is 51.2 Å². The number of hydrogen-bond donors (Lipinski definition) is 2. The second-order valence-electron chi connectivity index (χ2n) is 8.50. The van der Waals surface area contributed by atoms with E-state index in [4.69, 9.17) is 25.5 Å². The average molecular weight is 531 g/mol. The van der Waals surface area contributed by atoms with Gasteiger partial charge in [0.2, 0.25) is 11.7 Å². The molecule has 1 aliphatic heterocycles. The highest BCUT2D eigenvalue weighted by Gasteiger charge is 2.47. The van der Waals surface area contributed by atoms with Gasteiger partial charge in [-0.1, -0.05) is 17.7 Å². The second kappa shape index (κ2) is 8.93. The molecule has 0 aliphatic carbocycles. The predicted molar refractivity (Wildman–Crippen MR) is 139 cm³/mol. The molecule has 1 amide bonds. The van der Waals surface area contributed by atoms with E-state index < -0.39 is 23.5 Å². The largest absolute Gasteiger partial charge is 0.503 e. The Morgan fingerprint density at radius 1 is 1.11 bits per heavy atom. The maximum Gasteiger partial charge on any atom is 0.296 e. The predicted octanol–water partition coefficient (Wildman–Crippen LogP) is 5.16. The van der Waals surface area contributed by atoms with Crippen LogP contribution >= 0.6 is 11.6 Å². The monoisotopic (exact) mass is 530 g/mol. The number of halogens is 1. The Hall–Kier alpha value is -4.83. The van der Waals surface area contributed by atoms with E-state index in [1.807, 2.05) is 0 Å². The molecule has 2 N–H and O–H groups in total. The number of imidazole rings is 1. The SMILES string of the molecule is COc1cc2nc(N3C(=O)C(O)=C(C(=O)c4cc5cc(Cl)ccc5o4)C3c3ccccn3)[nH]c2cc1OC. The van der Waals surface area contributed by atoms with Crippen molar-refractivity contribution in [2.75, 3.05) is 19.1 Å². The Kier molecular flexibility index (Phi) is 5.54. The molecule has 190 valence electrons. The number of aliphatic hydroxyl groups excluding tert-OH is 1. The summed E-state index contributed by atoms with van der Waals surface area (Å²) in [6.07, 6.45) is 1.53. The maximum absolute atomic E-state index is 13.7. The second-order valence-corrected chi connectivity index (χ2v) is 8.94. The van der Waals surface area contributed by atoms with Crippen LogP contribution in [-0.2, 0) is 4.79 Å². The first-order chi connectivity index (χ1) is 18.4. The molecular formula is C27H19ClN4O6. The van der Waals surface area contributed by atoms with E-state index in [-0.39, 0.29) is 17.3 Å². The Bertz CT molecular complexity index is 1730. The van der Waals surface area contributed by atoms with Crippen molar-refractivity contribution in [3.05, 3.63) is 88.6 Å². The Morgan fingerprint density at radius 3 is 2.63 bits per heavy atom. The maximum atomic E-state index is 13.7. The van der Waals surface area contributed by atoms with Crippen molar-refractivity contribution < 1.29 is 28.6 Å². The van der Waals surface area contributed by atoms with Crippen LogP contribution in [0.25, 0.3) is 22.0 Å². The van der Waals surface area contributed by atoms with Crippen LogP contribution in [0.15, 0.2) is 76.5 Å². The van der Waals surface area contributed by atoms with Crippen molar-refractivity contribution in [1.82, 2.24) is 15.0 Å². The fourth-order valence-electron chi connectivity index (χ4n) is 4.57. The van der Waals surface area contributed by atoms with Gasteiger partial charge in [-0.15, -0.1) is 0 Å². The lowest BCUT2D eigenvalue weighted by Crippen LogP contribution is -2.32. The lowest BCUT2D eigenvalue weighted by molar-refractivity contribution is -0.117. The lowest BCUT2D eigenvalue weighted by Gasteiger charge is -2.23. The fraction of sp³-hybridized carbons (Fsp3) is 0.111. The summed E-state index contributed by atoms with van der Waals surface area (Å²) < 4.78 is 16.5. The molecular weight excluding hydrogens is 512 g/mol. The normalized spacial score (nSPS) is 15.6.